The fraction of sp³-hybridized carbons (Fsp3) is 0.167. The van der Waals surface area contributed by atoms with Crippen LogP contribution < -0.4 is 0 Å². The quantitative estimate of drug-likeness (QED) is 0.678. The molecule has 19 heavy (non-hydrogen) atoms. The van der Waals surface area contributed by atoms with E-state index < -0.39 is 0 Å². The van der Waals surface area contributed by atoms with Crippen molar-refractivity contribution in [3.8, 4) is 11.3 Å². The van der Waals surface area contributed by atoms with Crippen LogP contribution in [0.15, 0.2) is 32.4 Å². The van der Waals surface area contributed by atoms with Gasteiger partial charge in [-0.3, -0.25) is 0 Å². The zero-order valence-electron chi connectivity index (χ0n) is 10.3. The first kappa shape index (κ1) is 13.0. The zero-order chi connectivity index (χ0) is 13.2. The topological polar surface area (TPSA) is 51.6 Å². The molecule has 7 heteroatoms. The molecule has 0 aliphatic heterocycles. The van der Waals surface area contributed by atoms with Crippen LogP contribution in [0.5, 0.6) is 0 Å². The number of hydrogen-bond acceptors (Lipinski definition) is 6. The number of aromatic nitrogens is 4. The van der Waals surface area contributed by atoms with Crippen LogP contribution in [0.1, 0.15) is 10.6 Å². The molecule has 0 unspecified atom stereocenters. The number of hydrogen-bond donors (Lipinski definition) is 0. The van der Waals surface area contributed by atoms with Crippen LogP contribution in [0, 0.1) is 13.8 Å². The summed E-state index contributed by atoms with van der Waals surface area (Å²) in [5.74, 6) is 0. The molecule has 0 fully saturated rings. The predicted octanol–water partition coefficient (Wildman–Crippen LogP) is 2.82. The molecule has 0 bridgehead atoms. The molecule has 3 rings (SSSR count). The third-order valence-electron chi connectivity index (χ3n) is 2.47. The van der Waals surface area contributed by atoms with Gasteiger partial charge in [-0.05, 0) is 0 Å². The Hall–Kier alpha value is -1.01. The summed E-state index contributed by atoms with van der Waals surface area (Å²) in [6.07, 6.45) is 0. The van der Waals surface area contributed by atoms with Gasteiger partial charge in [-0.15, -0.1) is 0 Å². The second kappa shape index (κ2) is 5.54. The van der Waals surface area contributed by atoms with Gasteiger partial charge in [-0.1, -0.05) is 0 Å². The van der Waals surface area contributed by atoms with E-state index in [-0.39, 0.29) is 14.7 Å². The average Bonchev–Trinajstić information content (AvgIpc) is 3.00. The van der Waals surface area contributed by atoms with E-state index in [1.54, 1.807) is 23.1 Å². The molecule has 1 aromatic carbocycles. The molecule has 0 N–H and O–H groups in total. The maximum atomic E-state index is 4.29. The van der Waals surface area contributed by atoms with Crippen molar-refractivity contribution in [2.75, 3.05) is 0 Å². The van der Waals surface area contributed by atoms with Gasteiger partial charge in [0.15, 0.2) is 0 Å². The Balaban J connectivity index is 1.92. The predicted molar refractivity (Wildman–Crippen MR) is 77.9 cm³/mol. The van der Waals surface area contributed by atoms with Gasteiger partial charge in [0, 0.05) is 0 Å². The van der Waals surface area contributed by atoms with E-state index in [1.165, 1.54) is 9.33 Å². The van der Waals surface area contributed by atoms with Gasteiger partial charge >= 0.3 is 125 Å². The number of nitrogens with zero attached hydrogens (tertiary/aromatic N) is 4. The van der Waals surface area contributed by atoms with Gasteiger partial charge < -0.3 is 0 Å². The summed E-state index contributed by atoms with van der Waals surface area (Å²) in [7, 11) is 0. The first-order valence-electron chi connectivity index (χ1n) is 5.60. The normalized spacial score (nSPS) is 10.8. The van der Waals surface area contributed by atoms with Gasteiger partial charge in [0.05, 0.1) is 0 Å². The number of aryl methyl sites for hydroxylation is 2. The number of rotatable bonds is 3. The van der Waals surface area contributed by atoms with Crippen LogP contribution in [-0.2, 0) is 0 Å². The fourth-order valence-corrected chi connectivity index (χ4v) is 5.45. The zero-order valence-corrected chi connectivity index (χ0v) is 13.7. The summed E-state index contributed by atoms with van der Waals surface area (Å²) in [5, 5.41) is 13.5. The van der Waals surface area contributed by atoms with E-state index >= 15 is 0 Å². The summed E-state index contributed by atoms with van der Waals surface area (Å²) in [4.78, 5) is 0. The first-order chi connectivity index (χ1) is 9.22. The Morgan fingerprint density at radius 1 is 1.05 bits per heavy atom. The monoisotopic (exact) mass is 354 g/mol. The van der Waals surface area contributed by atoms with Gasteiger partial charge in [-0.25, -0.2) is 0 Å². The molecule has 0 amide bonds. The summed E-state index contributed by atoms with van der Waals surface area (Å²) in [5.41, 5.74) is 3.36. The molecule has 0 spiro atoms. The Morgan fingerprint density at radius 3 is 2.53 bits per heavy atom. The van der Waals surface area contributed by atoms with Crippen LogP contribution in [0.3, 0.4) is 0 Å². The molecule has 4 nitrogen and oxygen atoms in total. The Labute approximate surface area is 125 Å². The Kier molecular flexibility index (Phi) is 3.79. The molecular weight excluding hydrogens is 343 g/mol. The van der Waals surface area contributed by atoms with E-state index in [2.05, 4.69) is 50.6 Å². The van der Waals surface area contributed by atoms with Gasteiger partial charge in [0.1, 0.15) is 0 Å². The van der Waals surface area contributed by atoms with Crippen LogP contribution in [0.4, 0.5) is 0 Å². The minimum atomic E-state index is 0.0600. The van der Waals surface area contributed by atoms with E-state index in [9.17, 15) is 0 Å². The van der Waals surface area contributed by atoms with Crippen molar-refractivity contribution < 1.29 is 0 Å². The standard InChI is InChI=1S/C12H10N4S2Se/c1-7-3-5-9(6-4-7)10-11(19-16-14-10)18-12-15-13-8(2)17-12/h3-6H,1-2H3. The summed E-state index contributed by atoms with van der Waals surface area (Å²) in [6, 6.07) is 8.38. The first-order valence-corrected chi connectivity index (χ1v) is 8.85. The second-order valence-corrected chi connectivity index (χ2v) is 8.57. The number of benzene rings is 1. The Morgan fingerprint density at radius 2 is 1.84 bits per heavy atom. The molecule has 0 radical (unpaired) electrons. The van der Waals surface area contributed by atoms with Crippen molar-refractivity contribution in [1.82, 2.24) is 19.4 Å². The van der Waals surface area contributed by atoms with Crippen molar-refractivity contribution in [1.29, 1.82) is 0 Å². The summed E-state index contributed by atoms with van der Waals surface area (Å²) < 4.78 is 6.36. The van der Waals surface area contributed by atoms with Crippen LogP contribution >= 0.6 is 23.1 Å². The van der Waals surface area contributed by atoms with E-state index in [0.29, 0.717) is 0 Å². The van der Waals surface area contributed by atoms with Crippen molar-refractivity contribution in [2.45, 2.75) is 22.0 Å². The third kappa shape index (κ3) is 2.95. The third-order valence-corrected chi connectivity index (χ3v) is 6.25. The minimum absolute atomic E-state index is 0.0600. The molecule has 0 aliphatic carbocycles. The molecule has 96 valence electrons. The van der Waals surface area contributed by atoms with E-state index in [0.717, 1.165) is 20.6 Å². The SMILES string of the molecule is Cc1ccc(-c2nn[se]c2Sc2nnc(C)s2)cc1. The van der Waals surface area contributed by atoms with Gasteiger partial charge in [0.25, 0.3) is 0 Å². The molecular formula is C12H10N4S2Se. The molecule has 0 saturated carbocycles. The van der Waals surface area contributed by atoms with Crippen molar-refractivity contribution in [2.24, 2.45) is 0 Å². The van der Waals surface area contributed by atoms with E-state index in [1.807, 2.05) is 6.92 Å². The fourth-order valence-electron chi connectivity index (χ4n) is 1.54. The molecule has 0 atom stereocenters. The molecule has 0 saturated heterocycles. The van der Waals surface area contributed by atoms with Crippen LogP contribution in [0.25, 0.3) is 11.3 Å². The van der Waals surface area contributed by atoms with Crippen LogP contribution in [-0.4, -0.2) is 34.1 Å². The maximum absolute atomic E-state index is 4.29. The Bertz CT molecular complexity index is 690. The van der Waals surface area contributed by atoms with Crippen molar-refractivity contribution in [3.63, 3.8) is 0 Å². The van der Waals surface area contributed by atoms with Gasteiger partial charge in [-0.2, -0.15) is 0 Å². The molecule has 0 aliphatic rings. The van der Waals surface area contributed by atoms with Crippen molar-refractivity contribution >= 4 is 37.8 Å². The molecule has 2 heterocycles. The molecule has 2 aromatic heterocycles. The average molecular weight is 353 g/mol. The molecule has 3 aromatic rings. The van der Waals surface area contributed by atoms with Crippen LogP contribution in [0.2, 0.25) is 0 Å². The summed E-state index contributed by atoms with van der Waals surface area (Å²) >= 11 is 3.31. The van der Waals surface area contributed by atoms with Crippen molar-refractivity contribution in [3.05, 3.63) is 34.8 Å². The van der Waals surface area contributed by atoms with Gasteiger partial charge in [0.2, 0.25) is 0 Å². The summed E-state index contributed by atoms with van der Waals surface area (Å²) in [6.45, 7) is 4.05. The van der Waals surface area contributed by atoms with E-state index in [4.69, 9.17) is 0 Å². The second-order valence-electron chi connectivity index (χ2n) is 3.96.